The molecule has 3 heterocycles. The second kappa shape index (κ2) is 15.3. The quantitative estimate of drug-likeness (QED) is 0.265. The van der Waals surface area contributed by atoms with Crippen LogP contribution in [0.25, 0.3) is 11.3 Å². The van der Waals surface area contributed by atoms with Crippen LogP contribution in [0.15, 0.2) is 79.3 Å². The maximum Gasteiger partial charge on any atom is 0.261 e. The van der Waals surface area contributed by atoms with Gasteiger partial charge < -0.3 is 21.0 Å². The second-order valence-corrected chi connectivity index (χ2v) is 11.6. The number of anilines is 3. The van der Waals surface area contributed by atoms with E-state index in [9.17, 15) is 13.2 Å². The number of carbonyl (C=O) groups is 1. The van der Waals surface area contributed by atoms with Gasteiger partial charge in [-0.3, -0.25) is 19.2 Å². The number of pyridine rings is 1. The van der Waals surface area contributed by atoms with E-state index in [2.05, 4.69) is 42.4 Å². The monoisotopic (exact) mass is 607 g/mol. The highest BCUT2D eigenvalue weighted by atomic mass is 32.2. The van der Waals surface area contributed by atoms with Crippen molar-refractivity contribution in [1.29, 1.82) is 0 Å². The van der Waals surface area contributed by atoms with Crippen molar-refractivity contribution in [3.8, 4) is 11.3 Å². The molecule has 12 nitrogen and oxygen atoms in total. The molecule has 43 heavy (non-hydrogen) atoms. The average Bonchev–Trinajstić information content (AvgIpc) is 2.96. The van der Waals surface area contributed by atoms with E-state index >= 15 is 0 Å². The Bertz CT molecular complexity index is 1590. The van der Waals surface area contributed by atoms with Gasteiger partial charge in [0.05, 0.1) is 11.9 Å². The van der Waals surface area contributed by atoms with Crippen molar-refractivity contribution in [3.63, 3.8) is 0 Å². The minimum atomic E-state index is -3.67. The summed E-state index contributed by atoms with van der Waals surface area (Å²) in [6.45, 7) is 7.24. The van der Waals surface area contributed by atoms with E-state index in [1.807, 2.05) is 67.6 Å². The van der Waals surface area contributed by atoms with E-state index < -0.39 is 10.1 Å². The standard InChI is InChI=1S/C29H31N7O.CH4O3S.H2O/c1-21-5-10-25(18-27(21)34-29-31-13-11-26(33-29)24-4-3-12-30-19-24)32-28(37)23-8-6-22(7-9-23)20-36-16-14-35(2)15-17-36;1-5(2,3)4;/h3-13,18-19H,14-17,20H2,1-2H3,(H,32,37)(H,31,33,34);1H3,(H,2,3,4);1H2. The molecular formula is C30H37N7O5S. The van der Waals surface area contributed by atoms with Crippen LogP contribution in [-0.4, -0.2) is 88.6 Å². The smallest absolute Gasteiger partial charge is 0.261 e. The van der Waals surface area contributed by atoms with Crippen molar-refractivity contribution in [2.24, 2.45) is 0 Å². The number of carbonyl (C=O) groups excluding carboxylic acids is 1. The number of benzene rings is 2. The van der Waals surface area contributed by atoms with Crippen molar-refractivity contribution in [1.82, 2.24) is 24.8 Å². The Morgan fingerprint density at radius 3 is 2.35 bits per heavy atom. The Morgan fingerprint density at radius 1 is 1.00 bits per heavy atom. The molecule has 0 atom stereocenters. The summed E-state index contributed by atoms with van der Waals surface area (Å²) in [5.74, 6) is 0.333. The summed E-state index contributed by atoms with van der Waals surface area (Å²) in [7, 11) is -1.51. The van der Waals surface area contributed by atoms with Crippen molar-refractivity contribution >= 4 is 33.3 Å². The third-order valence-electron chi connectivity index (χ3n) is 6.57. The van der Waals surface area contributed by atoms with Gasteiger partial charge in [0.25, 0.3) is 16.0 Å². The Morgan fingerprint density at radius 2 is 1.70 bits per heavy atom. The molecule has 0 radical (unpaired) electrons. The summed E-state index contributed by atoms with van der Waals surface area (Å²) in [6, 6.07) is 19.3. The molecule has 2 aromatic carbocycles. The molecule has 5 N–H and O–H groups in total. The zero-order valence-electron chi connectivity index (χ0n) is 24.4. The van der Waals surface area contributed by atoms with E-state index in [1.165, 1.54) is 5.56 Å². The van der Waals surface area contributed by atoms with Crippen LogP contribution in [0.2, 0.25) is 0 Å². The summed E-state index contributed by atoms with van der Waals surface area (Å²) >= 11 is 0. The highest BCUT2D eigenvalue weighted by Gasteiger charge is 2.14. The molecule has 0 aliphatic carbocycles. The van der Waals surface area contributed by atoms with Crippen molar-refractivity contribution in [2.45, 2.75) is 13.5 Å². The van der Waals surface area contributed by atoms with Gasteiger partial charge in [0.15, 0.2) is 0 Å². The van der Waals surface area contributed by atoms with Crippen molar-refractivity contribution in [3.05, 3.63) is 95.9 Å². The number of piperazine rings is 1. The normalized spacial score (nSPS) is 13.7. The van der Waals surface area contributed by atoms with E-state index in [4.69, 9.17) is 4.55 Å². The van der Waals surface area contributed by atoms with Crippen LogP contribution in [0.4, 0.5) is 17.3 Å². The number of hydrogen-bond donors (Lipinski definition) is 3. The van der Waals surface area contributed by atoms with Gasteiger partial charge in [-0.1, -0.05) is 18.2 Å². The zero-order valence-corrected chi connectivity index (χ0v) is 25.2. The number of likely N-dealkylation sites (N-methyl/N-ethyl adjacent to an activating group) is 1. The molecule has 4 aromatic rings. The first-order valence-corrected chi connectivity index (χ1v) is 15.2. The molecule has 0 unspecified atom stereocenters. The summed E-state index contributed by atoms with van der Waals surface area (Å²) < 4.78 is 25.9. The van der Waals surface area contributed by atoms with Gasteiger partial charge in [-0.2, -0.15) is 8.42 Å². The molecule has 2 aromatic heterocycles. The largest absolute Gasteiger partial charge is 0.412 e. The van der Waals surface area contributed by atoms with E-state index in [1.54, 1.807) is 18.6 Å². The SMILES string of the molecule is CS(=O)(=O)O.Cc1ccc(NC(=O)c2ccc(CN3CCN(C)CC3)cc2)cc1Nc1nccc(-c2cccnc2)n1.O. The van der Waals surface area contributed by atoms with Crippen molar-refractivity contribution in [2.75, 3.05) is 50.1 Å². The first kappa shape index (κ1) is 33.2. The second-order valence-electron chi connectivity index (χ2n) is 10.1. The minimum absolute atomic E-state index is 0. The Balaban J connectivity index is 0.000000781. The molecule has 1 aliphatic heterocycles. The van der Waals surface area contributed by atoms with Crippen molar-refractivity contribution < 1.29 is 23.2 Å². The van der Waals surface area contributed by atoms with Crippen LogP contribution < -0.4 is 10.6 Å². The Hall–Kier alpha value is -4.27. The lowest BCUT2D eigenvalue weighted by Crippen LogP contribution is -2.43. The molecule has 1 amide bonds. The van der Waals surface area contributed by atoms with Crippen LogP contribution in [0.3, 0.4) is 0 Å². The van der Waals surface area contributed by atoms with Crippen LogP contribution >= 0.6 is 0 Å². The maximum atomic E-state index is 12.9. The number of aromatic nitrogens is 3. The van der Waals surface area contributed by atoms with Gasteiger partial charge in [0.1, 0.15) is 0 Å². The van der Waals surface area contributed by atoms with E-state index in [-0.39, 0.29) is 11.4 Å². The fourth-order valence-electron chi connectivity index (χ4n) is 4.28. The summed E-state index contributed by atoms with van der Waals surface area (Å²) in [5.41, 5.74) is 6.08. The minimum Gasteiger partial charge on any atom is -0.412 e. The fourth-order valence-corrected chi connectivity index (χ4v) is 4.28. The third kappa shape index (κ3) is 10.8. The van der Waals surface area contributed by atoms with E-state index in [0.717, 1.165) is 55.2 Å². The topological polar surface area (TPSA) is 172 Å². The molecule has 1 aliphatic rings. The zero-order chi connectivity index (χ0) is 30.1. The lowest BCUT2D eigenvalue weighted by molar-refractivity contribution is 0.102. The lowest BCUT2D eigenvalue weighted by atomic mass is 10.1. The predicted molar refractivity (Wildman–Crippen MR) is 168 cm³/mol. The lowest BCUT2D eigenvalue weighted by Gasteiger charge is -2.32. The van der Waals surface area contributed by atoms with Gasteiger partial charge >= 0.3 is 0 Å². The average molecular weight is 608 g/mol. The number of nitrogens with zero attached hydrogens (tertiary/aromatic N) is 5. The molecular weight excluding hydrogens is 570 g/mol. The first-order valence-electron chi connectivity index (χ1n) is 13.4. The molecule has 0 saturated carbocycles. The molecule has 228 valence electrons. The van der Waals surface area contributed by atoms with Crippen LogP contribution in [-0.2, 0) is 16.7 Å². The number of aryl methyl sites for hydroxylation is 1. The van der Waals surface area contributed by atoms with Gasteiger partial charge in [-0.25, -0.2) is 9.97 Å². The molecule has 13 heteroatoms. The van der Waals surface area contributed by atoms with Gasteiger partial charge in [-0.05, 0) is 67.6 Å². The Kier molecular flexibility index (Phi) is 11.8. The fraction of sp³-hybridized carbons (Fsp3) is 0.267. The van der Waals surface area contributed by atoms with Gasteiger partial charge in [0, 0.05) is 73.8 Å². The van der Waals surface area contributed by atoms with Crippen LogP contribution in [0.5, 0.6) is 0 Å². The molecule has 1 fully saturated rings. The highest BCUT2D eigenvalue weighted by Crippen LogP contribution is 2.24. The maximum absolute atomic E-state index is 12.9. The molecule has 1 saturated heterocycles. The third-order valence-corrected chi connectivity index (χ3v) is 6.57. The molecule has 0 bridgehead atoms. The number of rotatable bonds is 7. The number of amides is 1. The van der Waals surface area contributed by atoms with Gasteiger partial charge in [-0.15, -0.1) is 0 Å². The molecule has 0 spiro atoms. The number of hydrogen-bond acceptors (Lipinski definition) is 9. The summed E-state index contributed by atoms with van der Waals surface area (Å²) in [4.78, 5) is 30.9. The summed E-state index contributed by atoms with van der Waals surface area (Å²) in [6.07, 6.45) is 5.93. The van der Waals surface area contributed by atoms with E-state index in [0.29, 0.717) is 23.5 Å². The highest BCUT2D eigenvalue weighted by molar-refractivity contribution is 7.85. The first-order chi connectivity index (χ1) is 20.0. The predicted octanol–water partition coefficient (Wildman–Crippen LogP) is 3.27. The van der Waals surface area contributed by atoms with Gasteiger partial charge in [0.2, 0.25) is 5.95 Å². The Labute approximate surface area is 251 Å². The van der Waals surface area contributed by atoms with Crippen LogP contribution in [0, 0.1) is 6.92 Å². The summed E-state index contributed by atoms with van der Waals surface area (Å²) in [5, 5.41) is 6.29. The number of nitrogens with one attached hydrogen (secondary N) is 2. The van der Waals surface area contributed by atoms with Crippen LogP contribution in [0.1, 0.15) is 21.5 Å². The molecule has 5 rings (SSSR count).